The van der Waals surface area contributed by atoms with Crippen molar-refractivity contribution < 1.29 is 4.79 Å². The van der Waals surface area contributed by atoms with Crippen LogP contribution in [0, 0.1) is 12.3 Å². The predicted molar refractivity (Wildman–Crippen MR) is 76.6 cm³/mol. The van der Waals surface area contributed by atoms with E-state index in [9.17, 15) is 4.79 Å². The van der Waals surface area contributed by atoms with Crippen LogP contribution in [0.5, 0.6) is 0 Å². The first-order valence-electron chi connectivity index (χ1n) is 6.70. The highest BCUT2D eigenvalue weighted by atomic mass is 16.1. The lowest BCUT2D eigenvalue weighted by molar-refractivity contribution is -0.119. The number of hydrogen-bond donors (Lipinski definition) is 1. The summed E-state index contributed by atoms with van der Waals surface area (Å²) in [6.45, 7) is 7.11. The number of benzene rings is 1. The number of nitrogens with two attached hydrogens (primary N) is 1. The highest BCUT2D eigenvalue weighted by Gasteiger charge is 2.18. The van der Waals surface area contributed by atoms with Gasteiger partial charge in [-0.25, -0.2) is 0 Å². The van der Waals surface area contributed by atoms with Gasteiger partial charge in [0.15, 0.2) is 0 Å². The Kier molecular flexibility index (Phi) is 5.54. The predicted octanol–water partition coefficient (Wildman–Crippen LogP) is 3.26. The average molecular weight is 247 g/mol. The fourth-order valence-corrected chi connectivity index (χ4v) is 2.13. The van der Waals surface area contributed by atoms with Crippen molar-refractivity contribution in [3.8, 4) is 0 Å². The van der Waals surface area contributed by atoms with Crippen LogP contribution in [0.1, 0.15) is 44.2 Å². The first kappa shape index (κ1) is 14.9. The molecule has 0 heterocycles. The number of ketones is 1. The lowest BCUT2D eigenvalue weighted by Gasteiger charge is -2.23. The molecule has 18 heavy (non-hydrogen) atoms. The zero-order valence-corrected chi connectivity index (χ0v) is 11.8. The summed E-state index contributed by atoms with van der Waals surface area (Å²) in [5, 5.41) is 0. The van der Waals surface area contributed by atoms with Crippen molar-refractivity contribution in [1.29, 1.82) is 0 Å². The molecule has 0 unspecified atom stereocenters. The number of carbonyl (C=O) groups is 1. The maximum Gasteiger partial charge on any atom is 0.137 e. The van der Waals surface area contributed by atoms with Gasteiger partial charge in [0.2, 0.25) is 0 Å². The molecule has 0 spiro atoms. The van der Waals surface area contributed by atoms with Gasteiger partial charge in [0.25, 0.3) is 0 Å². The van der Waals surface area contributed by atoms with E-state index in [2.05, 4.69) is 32.9 Å². The van der Waals surface area contributed by atoms with Gasteiger partial charge in [-0.15, -0.1) is 0 Å². The fourth-order valence-electron chi connectivity index (χ4n) is 2.13. The third-order valence-electron chi connectivity index (χ3n) is 3.39. The maximum atomic E-state index is 11.9. The zero-order chi connectivity index (χ0) is 13.6. The van der Waals surface area contributed by atoms with Crippen LogP contribution in [0.15, 0.2) is 24.3 Å². The van der Waals surface area contributed by atoms with E-state index < -0.39 is 0 Å². The SMILES string of the molecule is Cc1cccc(CC(=O)CCC(C)(C)CCN)c1. The molecule has 2 nitrogen and oxygen atoms in total. The molecule has 0 aliphatic rings. The van der Waals surface area contributed by atoms with E-state index in [4.69, 9.17) is 5.73 Å². The summed E-state index contributed by atoms with van der Waals surface area (Å²) in [6.07, 6.45) is 3.11. The lowest BCUT2D eigenvalue weighted by atomic mass is 9.83. The molecule has 0 aliphatic carbocycles. The number of hydrogen-bond acceptors (Lipinski definition) is 2. The van der Waals surface area contributed by atoms with E-state index >= 15 is 0 Å². The molecule has 0 saturated heterocycles. The van der Waals surface area contributed by atoms with Gasteiger partial charge in [-0.1, -0.05) is 43.7 Å². The third-order valence-corrected chi connectivity index (χ3v) is 3.39. The van der Waals surface area contributed by atoms with E-state index in [1.54, 1.807) is 0 Å². The second kappa shape index (κ2) is 6.69. The highest BCUT2D eigenvalue weighted by Crippen LogP contribution is 2.26. The van der Waals surface area contributed by atoms with Gasteiger partial charge in [-0.3, -0.25) is 4.79 Å². The Hall–Kier alpha value is -1.15. The van der Waals surface area contributed by atoms with Crippen LogP contribution in [0.2, 0.25) is 0 Å². The standard InChI is InChI=1S/C16H25NO/c1-13-5-4-6-14(11-13)12-15(18)7-8-16(2,3)9-10-17/h4-6,11H,7-10,12,17H2,1-3H3. The second-order valence-corrected chi connectivity index (χ2v) is 5.91. The number of carbonyl (C=O) groups excluding carboxylic acids is 1. The van der Waals surface area contributed by atoms with E-state index in [1.807, 2.05) is 12.1 Å². The van der Waals surface area contributed by atoms with Crippen molar-refractivity contribution in [3.05, 3.63) is 35.4 Å². The van der Waals surface area contributed by atoms with Crippen LogP contribution < -0.4 is 5.73 Å². The largest absolute Gasteiger partial charge is 0.330 e. The molecular weight excluding hydrogens is 222 g/mol. The molecule has 0 amide bonds. The highest BCUT2D eigenvalue weighted by molar-refractivity contribution is 5.80. The van der Waals surface area contributed by atoms with E-state index in [-0.39, 0.29) is 5.41 Å². The molecule has 2 N–H and O–H groups in total. The van der Waals surface area contributed by atoms with Gasteiger partial charge >= 0.3 is 0 Å². The van der Waals surface area contributed by atoms with Crippen LogP contribution in [-0.4, -0.2) is 12.3 Å². The summed E-state index contributed by atoms with van der Waals surface area (Å²) in [4.78, 5) is 11.9. The van der Waals surface area contributed by atoms with Crippen molar-refractivity contribution in [3.63, 3.8) is 0 Å². The number of Topliss-reactive ketones (excluding diaryl/α,β-unsaturated/α-hetero) is 1. The van der Waals surface area contributed by atoms with Crippen LogP contribution in [0.4, 0.5) is 0 Å². The molecule has 0 radical (unpaired) electrons. The molecular formula is C16H25NO. The summed E-state index contributed by atoms with van der Waals surface area (Å²) < 4.78 is 0. The minimum Gasteiger partial charge on any atom is -0.330 e. The van der Waals surface area contributed by atoms with Gasteiger partial charge in [0, 0.05) is 12.8 Å². The van der Waals surface area contributed by atoms with Crippen molar-refractivity contribution in [2.75, 3.05) is 6.54 Å². The second-order valence-electron chi connectivity index (χ2n) is 5.91. The van der Waals surface area contributed by atoms with Gasteiger partial charge in [-0.2, -0.15) is 0 Å². The van der Waals surface area contributed by atoms with Crippen molar-refractivity contribution >= 4 is 5.78 Å². The Morgan fingerprint density at radius 1 is 1.28 bits per heavy atom. The first-order valence-corrected chi connectivity index (χ1v) is 6.70. The van der Waals surface area contributed by atoms with Crippen molar-refractivity contribution in [1.82, 2.24) is 0 Å². The molecule has 0 aliphatic heterocycles. The van der Waals surface area contributed by atoms with E-state index in [0.717, 1.165) is 18.4 Å². The summed E-state index contributed by atoms with van der Waals surface area (Å²) in [6, 6.07) is 8.17. The number of rotatable bonds is 7. The molecule has 0 saturated carbocycles. The molecule has 2 heteroatoms. The summed E-state index contributed by atoms with van der Waals surface area (Å²) >= 11 is 0. The Morgan fingerprint density at radius 2 is 2.00 bits per heavy atom. The number of aryl methyl sites for hydroxylation is 1. The Bertz CT molecular complexity index is 396. The molecule has 1 aromatic rings. The summed E-state index contributed by atoms with van der Waals surface area (Å²) in [5.74, 6) is 0.325. The van der Waals surface area contributed by atoms with Gasteiger partial charge < -0.3 is 5.73 Å². The van der Waals surface area contributed by atoms with Gasteiger partial charge in [0.1, 0.15) is 5.78 Å². The Balaban J connectivity index is 2.43. The van der Waals surface area contributed by atoms with Crippen LogP contribution in [0.3, 0.4) is 0 Å². The van der Waals surface area contributed by atoms with Crippen LogP contribution in [-0.2, 0) is 11.2 Å². The van der Waals surface area contributed by atoms with E-state index in [1.165, 1.54) is 5.56 Å². The molecule has 0 aromatic heterocycles. The third kappa shape index (κ3) is 5.46. The molecule has 1 aromatic carbocycles. The smallest absolute Gasteiger partial charge is 0.137 e. The van der Waals surface area contributed by atoms with Gasteiger partial charge in [0.05, 0.1) is 0 Å². The Labute approximate surface area is 111 Å². The van der Waals surface area contributed by atoms with Crippen LogP contribution in [0.25, 0.3) is 0 Å². The fraction of sp³-hybridized carbons (Fsp3) is 0.562. The van der Waals surface area contributed by atoms with Crippen molar-refractivity contribution in [2.45, 2.75) is 46.5 Å². The summed E-state index contributed by atoms with van der Waals surface area (Å²) in [5.41, 5.74) is 8.09. The molecule has 100 valence electrons. The molecule has 1 rings (SSSR count). The maximum absolute atomic E-state index is 11.9. The quantitative estimate of drug-likeness (QED) is 0.803. The molecule has 0 bridgehead atoms. The normalized spacial score (nSPS) is 11.6. The Morgan fingerprint density at radius 3 is 2.61 bits per heavy atom. The molecule has 0 atom stereocenters. The van der Waals surface area contributed by atoms with E-state index in [0.29, 0.717) is 25.2 Å². The summed E-state index contributed by atoms with van der Waals surface area (Å²) in [7, 11) is 0. The van der Waals surface area contributed by atoms with Crippen LogP contribution >= 0.6 is 0 Å². The minimum absolute atomic E-state index is 0.178. The minimum atomic E-state index is 0.178. The lowest BCUT2D eigenvalue weighted by Crippen LogP contribution is -2.18. The zero-order valence-electron chi connectivity index (χ0n) is 11.8. The van der Waals surface area contributed by atoms with Crippen molar-refractivity contribution in [2.24, 2.45) is 11.1 Å². The average Bonchev–Trinajstić information content (AvgIpc) is 2.26. The molecule has 0 fully saturated rings. The topological polar surface area (TPSA) is 43.1 Å². The van der Waals surface area contributed by atoms with Gasteiger partial charge in [-0.05, 0) is 37.3 Å². The monoisotopic (exact) mass is 247 g/mol. The first-order chi connectivity index (χ1) is 8.43.